The summed E-state index contributed by atoms with van der Waals surface area (Å²) in [4.78, 5) is 62.3. The summed E-state index contributed by atoms with van der Waals surface area (Å²) in [5.74, 6) is -3.45. The number of esters is 1. The third-order valence-corrected chi connectivity index (χ3v) is 7.02. The largest absolute Gasteiger partial charge is 0.446 e. The fourth-order valence-corrected chi connectivity index (χ4v) is 4.92. The van der Waals surface area contributed by atoms with Crippen LogP contribution in [0.25, 0.3) is 0 Å². The van der Waals surface area contributed by atoms with Crippen molar-refractivity contribution < 1.29 is 33.6 Å². The van der Waals surface area contributed by atoms with Gasteiger partial charge >= 0.3 is 17.8 Å². The smallest absolute Gasteiger partial charge is 0.379 e. The van der Waals surface area contributed by atoms with Crippen molar-refractivity contribution in [3.63, 3.8) is 0 Å². The molecule has 5 rings (SSSR count). The molecule has 1 N–H and O–H groups in total. The molecule has 2 amide bonds. The van der Waals surface area contributed by atoms with Gasteiger partial charge in [-0.1, -0.05) is 76.6 Å². The van der Waals surface area contributed by atoms with Crippen molar-refractivity contribution in [1.82, 2.24) is 10.5 Å². The average Bonchev–Trinajstić information content (AvgIpc) is 3.49. The Balaban J connectivity index is 1.37. The van der Waals surface area contributed by atoms with Gasteiger partial charge in [0.05, 0.1) is 5.92 Å². The highest BCUT2D eigenvalue weighted by Gasteiger charge is 2.57. The summed E-state index contributed by atoms with van der Waals surface area (Å²) in [5, 5.41) is 3.04. The van der Waals surface area contributed by atoms with E-state index < -0.39 is 41.3 Å². The van der Waals surface area contributed by atoms with Gasteiger partial charge in [-0.25, -0.2) is 9.63 Å². The van der Waals surface area contributed by atoms with Gasteiger partial charge in [0, 0.05) is 22.9 Å². The Labute approximate surface area is 226 Å². The second-order valence-electron chi connectivity index (χ2n) is 8.92. The number of benzene rings is 3. The number of nitrogens with one attached hydrogen (secondary N) is 1. The molecule has 3 aromatic carbocycles. The fraction of sp³-hybridized carbons (Fsp3) is 0.214. The molecule has 2 heterocycles. The van der Waals surface area contributed by atoms with E-state index >= 15 is 0 Å². The average molecular weight is 579 g/mol. The van der Waals surface area contributed by atoms with Gasteiger partial charge in [0.25, 0.3) is 5.91 Å². The first-order valence-electron chi connectivity index (χ1n) is 11.9. The second kappa shape index (κ2) is 10.8. The Morgan fingerprint density at radius 3 is 2.11 bits per heavy atom. The van der Waals surface area contributed by atoms with E-state index in [0.29, 0.717) is 10.8 Å². The maximum atomic E-state index is 13.7. The molecule has 10 heteroatoms. The summed E-state index contributed by atoms with van der Waals surface area (Å²) < 4.78 is 6.51. The van der Waals surface area contributed by atoms with Crippen molar-refractivity contribution in [3.05, 3.63) is 106 Å². The Bertz CT molecular complexity index is 1310. The lowest BCUT2D eigenvalue weighted by molar-refractivity contribution is -0.310. The summed E-state index contributed by atoms with van der Waals surface area (Å²) in [6.07, 6.45) is 0.0524. The van der Waals surface area contributed by atoms with Gasteiger partial charge in [-0.15, -0.1) is 0 Å². The summed E-state index contributed by atoms with van der Waals surface area (Å²) in [6, 6.07) is 23.9. The van der Waals surface area contributed by atoms with E-state index in [9.17, 15) is 19.2 Å². The molecule has 0 aromatic heterocycles. The van der Waals surface area contributed by atoms with Crippen LogP contribution < -0.4 is 5.32 Å². The maximum Gasteiger partial charge on any atom is 0.379 e. The number of carbonyl (C=O) groups is 4. The lowest BCUT2D eigenvalue weighted by Gasteiger charge is -2.34. The van der Waals surface area contributed by atoms with Crippen LogP contribution in [0.2, 0.25) is 0 Å². The van der Waals surface area contributed by atoms with Crippen molar-refractivity contribution in [3.8, 4) is 0 Å². The summed E-state index contributed by atoms with van der Waals surface area (Å²) in [7, 11) is 0. The van der Waals surface area contributed by atoms with Crippen molar-refractivity contribution in [2.24, 2.45) is 0 Å². The summed E-state index contributed by atoms with van der Waals surface area (Å²) in [5.41, 5.74) is 0.0847. The van der Waals surface area contributed by atoms with E-state index in [1.54, 1.807) is 24.3 Å². The van der Waals surface area contributed by atoms with Crippen LogP contribution in [0.5, 0.6) is 0 Å². The molecule has 2 aliphatic heterocycles. The first kappa shape index (κ1) is 25.6. The van der Waals surface area contributed by atoms with Gasteiger partial charge in [0.2, 0.25) is 5.60 Å². The number of rotatable bonds is 7. The molecule has 0 saturated carbocycles. The van der Waals surface area contributed by atoms with E-state index in [-0.39, 0.29) is 19.4 Å². The molecule has 2 atom stereocenters. The van der Waals surface area contributed by atoms with Crippen LogP contribution in [-0.2, 0) is 28.8 Å². The van der Waals surface area contributed by atoms with Crippen LogP contribution in [0, 0.1) is 0 Å². The first-order chi connectivity index (χ1) is 18.4. The minimum Gasteiger partial charge on any atom is -0.446 e. The van der Waals surface area contributed by atoms with E-state index in [1.165, 1.54) is 0 Å². The molecule has 194 valence electrons. The van der Waals surface area contributed by atoms with Crippen LogP contribution in [0.3, 0.4) is 0 Å². The van der Waals surface area contributed by atoms with Gasteiger partial charge in [-0.2, -0.15) is 0 Å². The number of cyclic esters (lactones) is 1. The van der Waals surface area contributed by atoms with Gasteiger partial charge in [0.15, 0.2) is 0 Å². The molecular weight excluding hydrogens is 556 g/mol. The maximum absolute atomic E-state index is 13.7. The molecule has 0 aliphatic carbocycles. The Morgan fingerprint density at radius 2 is 1.55 bits per heavy atom. The predicted octanol–water partition coefficient (Wildman–Crippen LogP) is 3.69. The van der Waals surface area contributed by atoms with Crippen LogP contribution in [0.15, 0.2) is 89.4 Å². The Hall–Kier alpha value is -4.02. The number of hydroxylamine groups is 2. The van der Waals surface area contributed by atoms with E-state index in [4.69, 9.17) is 14.4 Å². The Kier molecular flexibility index (Phi) is 7.26. The topological polar surface area (TPSA) is 111 Å². The van der Waals surface area contributed by atoms with E-state index in [0.717, 1.165) is 15.6 Å². The molecule has 2 aliphatic rings. The molecule has 9 nitrogen and oxygen atoms in total. The number of nitrogens with zero attached hydrogens (tertiary/aromatic N) is 1. The minimum absolute atomic E-state index is 0.00590. The third-order valence-electron chi connectivity index (χ3n) is 6.49. The standard InChI is InChI=1S/C28H23BrN2O7/c29-21-13-11-20(12-14-21)25(33)30-22-17-36-31(26(22)34)38-27(35)28(16-15-23(32)37-28)24(18-7-3-1-4-8-18)19-9-5-2-6-10-19/h1-14,22,24H,15-17H2,(H,30,33)/t22-,28?/m0/s1. The third kappa shape index (κ3) is 5.05. The molecule has 0 bridgehead atoms. The number of carbonyl (C=O) groups excluding carboxylic acids is 4. The van der Waals surface area contributed by atoms with Crippen molar-refractivity contribution in [1.29, 1.82) is 0 Å². The lowest BCUT2D eigenvalue weighted by Crippen LogP contribution is -2.49. The zero-order valence-corrected chi connectivity index (χ0v) is 21.6. The monoisotopic (exact) mass is 578 g/mol. The molecule has 0 radical (unpaired) electrons. The summed E-state index contributed by atoms with van der Waals surface area (Å²) in [6.45, 7) is -0.234. The van der Waals surface area contributed by atoms with Crippen LogP contribution in [0.4, 0.5) is 0 Å². The van der Waals surface area contributed by atoms with Gasteiger partial charge in [0.1, 0.15) is 12.6 Å². The molecular formula is C28H23BrN2O7. The molecule has 2 fully saturated rings. The number of hydrogen-bond donors (Lipinski definition) is 1. The highest BCUT2D eigenvalue weighted by atomic mass is 79.9. The van der Waals surface area contributed by atoms with E-state index in [2.05, 4.69) is 21.2 Å². The minimum atomic E-state index is -1.73. The highest BCUT2D eigenvalue weighted by molar-refractivity contribution is 9.10. The van der Waals surface area contributed by atoms with Crippen LogP contribution in [0.1, 0.15) is 40.2 Å². The van der Waals surface area contributed by atoms with E-state index in [1.807, 2.05) is 60.7 Å². The van der Waals surface area contributed by atoms with Crippen LogP contribution >= 0.6 is 15.9 Å². The predicted molar refractivity (Wildman–Crippen MR) is 137 cm³/mol. The fourth-order valence-electron chi connectivity index (χ4n) is 4.65. The molecule has 0 spiro atoms. The van der Waals surface area contributed by atoms with Crippen LogP contribution in [-0.4, -0.2) is 47.2 Å². The molecule has 38 heavy (non-hydrogen) atoms. The molecule has 1 unspecified atom stereocenters. The van der Waals surface area contributed by atoms with Gasteiger partial charge in [-0.3, -0.25) is 14.4 Å². The molecule has 2 saturated heterocycles. The number of halogens is 1. The first-order valence-corrected chi connectivity index (χ1v) is 12.7. The molecule has 3 aromatic rings. The van der Waals surface area contributed by atoms with Gasteiger partial charge in [-0.05, 0) is 40.6 Å². The van der Waals surface area contributed by atoms with Crippen molar-refractivity contribution in [2.45, 2.75) is 30.4 Å². The number of ether oxygens (including phenoxy) is 1. The highest BCUT2D eigenvalue weighted by Crippen LogP contribution is 2.45. The normalized spacial score (nSPS) is 20.9. The number of hydrogen-bond acceptors (Lipinski definition) is 7. The zero-order valence-electron chi connectivity index (χ0n) is 20.0. The quantitative estimate of drug-likeness (QED) is 0.425. The Morgan fingerprint density at radius 1 is 0.947 bits per heavy atom. The van der Waals surface area contributed by atoms with Crippen molar-refractivity contribution in [2.75, 3.05) is 6.61 Å². The zero-order chi connectivity index (χ0) is 26.7. The SMILES string of the molecule is O=C1CCC(C(=O)ON2OC[C@H](NC(=O)c3ccc(Br)cc3)C2=O)(C(c2ccccc2)c2ccccc2)O1. The second-order valence-corrected chi connectivity index (χ2v) is 9.84. The van der Waals surface area contributed by atoms with Crippen molar-refractivity contribution >= 4 is 39.7 Å². The summed E-state index contributed by atoms with van der Waals surface area (Å²) >= 11 is 3.31. The lowest BCUT2D eigenvalue weighted by atomic mass is 9.76. The van der Waals surface area contributed by atoms with Gasteiger partial charge < -0.3 is 14.9 Å². The number of amides is 2.